The highest BCUT2D eigenvalue weighted by Crippen LogP contribution is 2.34. The van der Waals surface area contributed by atoms with Gasteiger partial charge >= 0.3 is 0 Å². The summed E-state index contributed by atoms with van der Waals surface area (Å²) in [6, 6.07) is 19.0. The Morgan fingerprint density at radius 1 is 1.04 bits per heavy atom. The van der Waals surface area contributed by atoms with Crippen molar-refractivity contribution in [3.63, 3.8) is 0 Å². The van der Waals surface area contributed by atoms with Crippen LogP contribution in [0.4, 0.5) is 0 Å². The van der Waals surface area contributed by atoms with Crippen LogP contribution >= 0.6 is 0 Å². The van der Waals surface area contributed by atoms with Gasteiger partial charge in [0.15, 0.2) is 0 Å². The van der Waals surface area contributed by atoms with E-state index in [0.29, 0.717) is 12.0 Å². The van der Waals surface area contributed by atoms with Crippen LogP contribution in [0.2, 0.25) is 0 Å². The molecule has 1 N–H and O–H groups in total. The second-order valence-corrected chi connectivity index (χ2v) is 7.39. The molecule has 0 saturated heterocycles. The molecule has 2 aromatic carbocycles. The second-order valence-electron chi connectivity index (χ2n) is 7.39. The average Bonchev–Trinajstić information content (AvgIpc) is 3.31. The molecule has 2 unspecified atom stereocenters. The van der Waals surface area contributed by atoms with E-state index >= 15 is 0 Å². The predicted octanol–water partition coefficient (Wildman–Crippen LogP) is 4.70. The number of rotatable bonds is 6. The summed E-state index contributed by atoms with van der Waals surface area (Å²) >= 11 is 0. The molecule has 0 fully saturated rings. The molecule has 0 aliphatic heterocycles. The van der Waals surface area contributed by atoms with Gasteiger partial charge in [0.2, 0.25) is 0 Å². The molecule has 28 heavy (non-hydrogen) atoms. The molecule has 0 saturated carbocycles. The van der Waals surface area contributed by atoms with Gasteiger partial charge in [-0.2, -0.15) is 5.10 Å². The van der Waals surface area contributed by atoms with E-state index < -0.39 is 0 Å². The number of aromatic nitrogens is 2. The quantitative estimate of drug-likeness (QED) is 0.637. The van der Waals surface area contributed by atoms with Crippen LogP contribution < -0.4 is 10.1 Å². The van der Waals surface area contributed by atoms with Gasteiger partial charge in [-0.3, -0.25) is 0 Å². The Bertz CT molecular complexity index is 958. The molecule has 1 heterocycles. The maximum absolute atomic E-state index is 5.27. The van der Waals surface area contributed by atoms with E-state index in [1.807, 2.05) is 16.8 Å². The molecule has 0 bridgehead atoms. The molecule has 0 amide bonds. The van der Waals surface area contributed by atoms with E-state index in [-0.39, 0.29) is 0 Å². The fraction of sp³-hybridized carbons (Fsp3) is 0.292. The van der Waals surface area contributed by atoms with Crippen LogP contribution in [0.15, 0.2) is 66.7 Å². The molecular weight excluding hydrogens is 346 g/mol. The van der Waals surface area contributed by atoms with E-state index in [0.717, 1.165) is 30.1 Å². The maximum atomic E-state index is 5.27. The summed E-state index contributed by atoms with van der Waals surface area (Å²) in [5.74, 6) is 1.26. The van der Waals surface area contributed by atoms with E-state index in [2.05, 4.69) is 73.8 Å². The minimum atomic E-state index is 0.397. The second kappa shape index (κ2) is 8.03. The maximum Gasteiger partial charge on any atom is 0.119 e. The highest BCUT2D eigenvalue weighted by Gasteiger charge is 2.26. The number of ether oxygens (including phenoxy) is 1. The van der Waals surface area contributed by atoms with Gasteiger partial charge < -0.3 is 10.1 Å². The fourth-order valence-corrected chi connectivity index (χ4v) is 4.08. The molecule has 1 aliphatic rings. The van der Waals surface area contributed by atoms with Crippen LogP contribution in [0, 0.1) is 13.8 Å². The molecule has 4 rings (SSSR count). The van der Waals surface area contributed by atoms with E-state index in [4.69, 9.17) is 9.84 Å². The monoisotopic (exact) mass is 373 g/mol. The lowest BCUT2D eigenvalue weighted by Crippen LogP contribution is -2.25. The predicted molar refractivity (Wildman–Crippen MR) is 113 cm³/mol. The standard InChI is InChI=1S/C24H27N3O/c1-17-24(18(2)27(26-17)22-11-13-23(28-3)14-12-22)20-9-10-21(15-20)25-16-19-7-5-4-6-8-19/h4-14,20-21,25H,15-16H2,1-3H3. The van der Waals surface area contributed by atoms with Gasteiger partial charge in [0.1, 0.15) is 5.75 Å². The number of methoxy groups -OCH3 is 1. The summed E-state index contributed by atoms with van der Waals surface area (Å²) in [4.78, 5) is 0. The third kappa shape index (κ3) is 3.73. The van der Waals surface area contributed by atoms with Crippen LogP contribution in [0.3, 0.4) is 0 Å². The molecule has 3 aromatic rings. The van der Waals surface area contributed by atoms with Crippen molar-refractivity contribution in [3.05, 3.63) is 89.3 Å². The Hall–Kier alpha value is -2.85. The zero-order valence-electron chi connectivity index (χ0n) is 16.7. The van der Waals surface area contributed by atoms with Crippen LogP contribution in [-0.2, 0) is 6.54 Å². The number of nitrogens with one attached hydrogen (secondary N) is 1. The van der Waals surface area contributed by atoms with Crippen molar-refractivity contribution >= 4 is 0 Å². The molecule has 4 heteroatoms. The first-order valence-electron chi connectivity index (χ1n) is 9.82. The van der Waals surface area contributed by atoms with Crippen LogP contribution in [0.1, 0.15) is 34.9 Å². The number of nitrogens with zero attached hydrogens (tertiary/aromatic N) is 2. The zero-order chi connectivity index (χ0) is 19.5. The number of allylic oxidation sites excluding steroid dienone is 1. The van der Waals surface area contributed by atoms with Gasteiger partial charge in [0, 0.05) is 29.8 Å². The van der Waals surface area contributed by atoms with E-state index in [9.17, 15) is 0 Å². The molecule has 1 aromatic heterocycles. The first kappa shape index (κ1) is 18.5. The lowest BCUT2D eigenvalue weighted by Gasteiger charge is -2.15. The van der Waals surface area contributed by atoms with Crippen molar-refractivity contribution in [1.29, 1.82) is 0 Å². The van der Waals surface area contributed by atoms with Gasteiger partial charge in [-0.1, -0.05) is 42.5 Å². The fourth-order valence-electron chi connectivity index (χ4n) is 4.08. The number of hydrogen-bond acceptors (Lipinski definition) is 3. The highest BCUT2D eigenvalue weighted by atomic mass is 16.5. The summed E-state index contributed by atoms with van der Waals surface area (Å²) in [6.45, 7) is 5.17. The van der Waals surface area contributed by atoms with Crippen molar-refractivity contribution < 1.29 is 4.74 Å². The smallest absolute Gasteiger partial charge is 0.119 e. The molecular formula is C24H27N3O. The Morgan fingerprint density at radius 2 is 1.79 bits per heavy atom. The summed E-state index contributed by atoms with van der Waals surface area (Å²) in [5.41, 5.74) is 6.04. The first-order valence-corrected chi connectivity index (χ1v) is 9.82. The molecule has 0 spiro atoms. The minimum absolute atomic E-state index is 0.397. The number of aryl methyl sites for hydroxylation is 1. The van der Waals surface area contributed by atoms with Gasteiger partial charge in [-0.25, -0.2) is 4.68 Å². The Morgan fingerprint density at radius 3 is 2.50 bits per heavy atom. The SMILES string of the molecule is COc1ccc(-n2nc(C)c(C3C=CC(NCc4ccccc4)C3)c2C)cc1. The molecule has 2 atom stereocenters. The number of benzene rings is 2. The summed E-state index contributed by atoms with van der Waals surface area (Å²) in [7, 11) is 1.69. The Labute approximate surface area is 166 Å². The van der Waals surface area contributed by atoms with Crippen LogP contribution in [-0.4, -0.2) is 22.9 Å². The van der Waals surface area contributed by atoms with E-state index in [1.165, 1.54) is 16.8 Å². The largest absolute Gasteiger partial charge is 0.497 e. The summed E-state index contributed by atoms with van der Waals surface area (Å²) in [6.07, 6.45) is 5.71. The van der Waals surface area contributed by atoms with Crippen molar-refractivity contribution in [2.24, 2.45) is 0 Å². The van der Waals surface area contributed by atoms with Crippen molar-refractivity contribution in [1.82, 2.24) is 15.1 Å². The van der Waals surface area contributed by atoms with Crippen molar-refractivity contribution in [2.75, 3.05) is 7.11 Å². The van der Waals surface area contributed by atoms with Gasteiger partial charge in [0.25, 0.3) is 0 Å². The number of hydrogen-bond donors (Lipinski definition) is 1. The minimum Gasteiger partial charge on any atom is -0.497 e. The van der Waals surface area contributed by atoms with Crippen molar-refractivity contribution in [3.8, 4) is 11.4 Å². The topological polar surface area (TPSA) is 39.1 Å². The van der Waals surface area contributed by atoms with Gasteiger partial charge in [0.05, 0.1) is 18.5 Å². The van der Waals surface area contributed by atoms with E-state index in [1.54, 1.807) is 7.11 Å². The third-order valence-corrected chi connectivity index (χ3v) is 5.53. The highest BCUT2D eigenvalue weighted by molar-refractivity contribution is 5.43. The normalized spacial score (nSPS) is 18.5. The van der Waals surface area contributed by atoms with Gasteiger partial charge in [-0.05, 0) is 50.1 Å². The Kier molecular flexibility index (Phi) is 5.31. The summed E-state index contributed by atoms with van der Waals surface area (Å²) < 4.78 is 7.31. The van der Waals surface area contributed by atoms with Crippen molar-refractivity contribution in [2.45, 2.75) is 38.8 Å². The zero-order valence-corrected chi connectivity index (χ0v) is 16.7. The average molecular weight is 374 g/mol. The molecule has 4 nitrogen and oxygen atoms in total. The molecule has 1 aliphatic carbocycles. The first-order chi connectivity index (χ1) is 13.7. The third-order valence-electron chi connectivity index (χ3n) is 5.53. The molecule has 144 valence electrons. The lowest BCUT2D eigenvalue weighted by molar-refractivity contribution is 0.414. The van der Waals surface area contributed by atoms with Crippen LogP contribution in [0.25, 0.3) is 5.69 Å². The Balaban J connectivity index is 1.47. The lowest BCUT2D eigenvalue weighted by atomic mass is 9.96. The summed E-state index contributed by atoms with van der Waals surface area (Å²) in [5, 5.41) is 8.48. The van der Waals surface area contributed by atoms with Crippen LogP contribution in [0.5, 0.6) is 5.75 Å². The van der Waals surface area contributed by atoms with Gasteiger partial charge in [-0.15, -0.1) is 0 Å². The molecule has 0 radical (unpaired) electrons.